The monoisotopic (exact) mass is 464 g/mol. The third kappa shape index (κ3) is 4.16. The second-order valence-electron chi connectivity index (χ2n) is 7.11. The maximum Gasteiger partial charge on any atom is 0.338 e. The first-order valence-electron chi connectivity index (χ1n) is 9.75. The number of methoxy groups -OCH3 is 1. The average molecular weight is 465 g/mol. The van der Waals surface area contributed by atoms with Crippen molar-refractivity contribution in [2.45, 2.75) is 6.92 Å². The van der Waals surface area contributed by atoms with E-state index in [-0.39, 0.29) is 17.0 Å². The third-order valence-corrected chi connectivity index (χ3v) is 5.36. The van der Waals surface area contributed by atoms with E-state index >= 15 is 0 Å². The molecule has 4 rings (SSSR count). The van der Waals surface area contributed by atoms with Crippen LogP contribution < -0.4 is 10.2 Å². The summed E-state index contributed by atoms with van der Waals surface area (Å²) in [6, 6.07) is 13.5. The molecule has 1 aromatic heterocycles. The number of carbonyl (C=O) groups is 4. The Kier molecular flexibility index (Phi) is 5.85. The molecule has 2 aromatic carbocycles. The highest BCUT2D eigenvalue weighted by molar-refractivity contribution is 6.39. The van der Waals surface area contributed by atoms with Crippen LogP contribution in [-0.2, 0) is 14.3 Å². The van der Waals surface area contributed by atoms with E-state index in [0.717, 1.165) is 4.90 Å². The van der Waals surface area contributed by atoms with Gasteiger partial charge in [0.15, 0.2) is 0 Å². The number of urea groups is 1. The Bertz CT molecular complexity index is 1320. The van der Waals surface area contributed by atoms with E-state index in [1.165, 1.54) is 37.5 Å². The predicted octanol–water partition coefficient (Wildman–Crippen LogP) is 4.36. The number of amides is 4. The highest BCUT2D eigenvalue weighted by atomic mass is 35.5. The van der Waals surface area contributed by atoms with Crippen molar-refractivity contribution in [1.82, 2.24) is 5.32 Å². The molecule has 0 unspecified atom stereocenters. The summed E-state index contributed by atoms with van der Waals surface area (Å²) in [6.07, 6.45) is 1.26. The van der Waals surface area contributed by atoms with E-state index in [0.29, 0.717) is 27.5 Å². The van der Waals surface area contributed by atoms with Crippen LogP contribution in [0.4, 0.5) is 10.5 Å². The number of carbonyl (C=O) groups excluding carboxylic acids is 4. The predicted molar refractivity (Wildman–Crippen MR) is 121 cm³/mol. The minimum atomic E-state index is -0.861. The zero-order valence-corrected chi connectivity index (χ0v) is 18.3. The first kappa shape index (κ1) is 22.0. The smallest absolute Gasteiger partial charge is 0.338 e. The molecule has 0 aliphatic carbocycles. The number of esters is 1. The molecule has 1 aliphatic rings. The van der Waals surface area contributed by atoms with Crippen LogP contribution in [0.1, 0.15) is 21.7 Å². The SMILES string of the molecule is COC(=O)c1cccc(-c2ccc(/C=C3\C(=O)NC(=O)N(c4ccc(Cl)cc4)C3=O)o2)c1C. The fourth-order valence-corrected chi connectivity index (χ4v) is 3.56. The Morgan fingerprint density at radius 2 is 1.79 bits per heavy atom. The minimum absolute atomic E-state index is 0.219. The summed E-state index contributed by atoms with van der Waals surface area (Å²) in [5.41, 5.74) is 1.69. The molecular weight excluding hydrogens is 448 g/mol. The highest BCUT2D eigenvalue weighted by Gasteiger charge is 2.37. The summed E-state index contributed by atoms with van der Waals surface area (Å²) >= 11 is 5.87. The molecule has 0 atom stereocenters. The van der Waals surface area contributed by atoms with Crippen molar-refractivity contribution in [3.8, 4) is 11.3 Å². The minimum Gasteiger partial charge on any atom is -0.465 e. The lowest BCUT2D eigenvalue weighted by Crippen LogP contribution is -2.54. The van der Waals surface area contributed by atoms with E-state index in [2.05, 4.69) is 5.32 Å². The average Bonchev–Trinajstić information content (AvgIpc) is 3.26. The lowest BCUT2D eigenvalue weighted by Gasteiger charge is -2.26. The van der Waals surface area contributed by atoms with Gasteiger partial charge in [0, 0.05) is 10.6 Å². The molecule has 4 amide bonds. The van der Waals surface area contributed by atoms with Gasteiger partial charge < -0.3 is 9.15 Å². The van der Waals surface area contributed by atoms with Gasteiger partial charge >= 0.3 is 12.0 Å². The highest BCUT2D eigenvalue weighted by Crippen LogP contribution is 2.29. The summed E-state index contributed by atoms with van der Waals surface area (Å²) in [6.45, 7) is 1.76. The van der Waals surface area contributed by atoms with Gasteiger partial charge in [-0.15, -0.1) is 0 Å². The van der Waals surface area contributed by atoms with Crippen LogP contribution in [0.25, 0.3) is 17.4 Å². The topological polar surface area (TPSA) is 106 Å². The van der Waals surface area contributed by atoms with Gasteiger partial charge in [-0.2, -0.15) is 0 Å². The fourth-order valence-electron chi connectivity index (χ4n) is 3.43. The molecule has 1 aliphatic heterocycles. The molecule has 9 heteroatoms. The quantitative estimate of drug-likeness (QED) is 0.349. The number of nitrogens with one attached hydrogen (secondary N) is 1. The third-order valence-electron chi connectivity index (χ3n) is 5.10. The molecule has 8 nitrogen and oxygen atoms in total. The number of imide groups is 2. The van der Waals surface area contributed by atoms with Crippen LogP contribution in [0.15, 0.2) is 64.6 Å². The fraction of sp³-hybridized carbons (Fsp3) is 0.0833. The molecule has 1 N–H and O–H groups in total. The Labute approximate surface area is 193 Å². The van der Waals surface area contributed by atoms with Gasteiger partial charge in [0.25, 0.3) is 11.8 Å². The number of anilines is 1. The first-order valence-corrected chi connectivity index (χ1v) is 10.1. The van der Waals surface area contributed by atoms with E-state index in [1.54, 1.807) is 37.3 Å². The maximum atomic E-state index is 13.0. The number of benzene rings is 2. The van der Waals surface area contributed by atoms with Crippen LogP contribution in [0.2, 0.25) is 5.02 Å². The summed E-state index contributed by atoms with van der Waals surface area (Å²) < 4.78 is 10.6. The van der Waals surface area contributed by atoms with Gasteiger partial charge in [-0.25, -0.2) is 14.5 Å². The number of ether oxygens (including phenoxy) is 1. The van der Waals surface area contributed by atoms with Crippen molar-refractivity contribution >= 4 is 47.2 Å². The van der Waals surface area contributed by atoms with Gasteiger partial charge in [-0.05, 0) is 61.0 Å². The normalized spacial score (nSPS) is 15.1. The van der Waals surface area contributed by atoms with Crippen molar-refractivity contribution in [3.63, 3.8) is 0 Å². The zero-order valence-electron chi connectivity index (χ0n) is 17.5. The van der Waals surface area contributed by atoms with E-state index in [4.69, 9.17) is 20.8 Å². The van der Waals surface area contributed by atoms with Crippen molar-refractivity contribution in [1.29, 1.82) is 0 Å². The van der Waals surface area contributed by atoms with Crippen LogP contribution in [0.3, 0.4) is 0 Å². The Morgan fingerprint density at radius 3 is 2.48 bits per heavy atom. The molecule has 33 heavy (non-hydrogen) atoms. The molecule has 0 radical (unpaired) electrons. The first-order chi connectivity index (χ1) is 15.8. The van der Waals surface area contributed by atoms with Gasteiger partial charge in [-0.3, -0.25) is 14.9 Å². The number of rotatable bonds is 4. The summed E-state index contributed by atoms with van der Waals surface area (Å²) in [7, 11) is 1.30. The number of halogens is 1. The number of hydrogen-bond donors (Lipinski definition) is 1. The summed E-state index contributed by atoms with van der Waals surface area (Å²) in [4.78, 5) is 50.4. The Hall–Kier alpha value is -4.17. The summed E-state index contributed by atoms with van der Waals surface area (Å²) in [5.74, 6) is -1.46. The van der Waals surface area contributed by atoms with Crippen LogP contribution >= 0.6 is 11.6 Å². The molecule has 0 saturated carbocycles. The molecule has 1 fully saturated rings. The maximum absolute atomic E-state index is 13.0. The molecule has 0 bridgehead atoms. The largest absolute Gasteiger partial charge is 0.465 e. The second-order valence-corrected chi connectivity index (χ2v) is 7.54. The van der Waals surface area contributed by atoms with Crippen molar-refractivity contribution in [2.75, 3.05) is 12.0 Å². The van der Waals surface area contributed by atoms with Gasteiger partial charge in [0.1, 0.15) is 17.1 Å². The number of furan rings is 1. The standard InChI is InChI=1S/C24H17ClN2O6/c1-13-17(4-3-5-18(13)23(30)32-2)20-11-10-16(33-20)12-19-21(28)26-24(31)27(22(19)29)15-8-6-14(25)7-9-15/h3-12H,1-2H3,(H,26,28,31)/b19-12+. The molecule has 1 saturated heterocycles. The van der Waals surface area contributed by atoms with Gasteiger partial charge in [0.2, 0.25) is 0 Å². The van der Waals surface area contributed by atoms with Crippen LogP contribution in [-0.4, -0.2) is 30.9 Å². The van der Waals surface area contributed by atoms with Crippen molar-refractivity contribution in [3.05, 3.63) is 82.1 Å². The van der Waals surface area contributed by atoms with Crippen molar-refractivity contribution in [2.24, 2.45) is 0 Å². The summed E-state index contributed by atoms with van der Waals surface area (Å²) in [5, 5.41) is 2.59. The van der Waals surface area contributed by atoms with Gasteiger partial charge in [0.05, 0.1) is 18.4 Å². The van der Waals surface area contributed by atoms with Crippen LogP contribution in [0.5, 0.6) is 0 Å². The molecule has 2 heterocycles. The van der Waals surface area contributed by atoms with E-state index in [1.807, 2.05) is 0 Å². The second kappa shape index (κ2) is 8.76. The van der Waals surface area contributed by atoms with Crippen molar-refractivity contribution < 1.29 is 28.3 Å². The molecule has 3 aromatic rings. The van der Waals surface area contributed by atoms with E-state index < -0.39 is 23.8 Å². The number of nitrogens with zero attached hydrogens (tertiary/aromatic N) is 1. The zero-order chi connectivity index (χ0) is 23.7. The number of barbiturate groups is 1. The van der Waals surface area contributed by atoms with Crippen LogP contribution in [0, 0.1) is 6.92 Å². The lowest BCUT2D eigenvalue weighted by atomic mass is 10.0. The molecule has 0 spiro atoms. The lowest BCUT2D eigenvalue weighted by molar-refractivity contribution is -0.122. The van der Waals surface area contributed by atoms with E-state index in [9.17, 15) is 19.2 Å². The van der Waals surface area contributed by atoms with Gasteiger partial charge in [-0.1, -0.05) is 23.7 Å². The molecular formula is C24H17ClN2O6. The Morgan fingerprint density at radius 1 is 1.06 bits per heavy atom. The Balaban J connectivity index is 1.68. The molecule has 166 valence electrons. The number of hydrogen-bond acceptors (Lipinski definition) is 6.